The molecule has 0 saturated carbocycles. The highest BCUT2D eigenvalue weighted by Gasteiger charge is 2.13. The Bertz CT molecular complexity index is 552. The third-order valence-corrected chi connectivity index (χ3v) is 3.66. The topological polar surface area (TPSA) is 79.2 Å². The van der Waals surface area contributed by atoms with Crippen molar-refractivity contribution in [2.24, 2.45) is 7.05 Å². The number of thiophene rings is 1. The van der Waals surface area contributed by atoms with Gasteiger partial charge in [-0.15, -0.1) is 0 Å². The third kappa shape index (κ3) is 3.82. The van der Waals surface area contributed by atoms with Crippen molar-refractivity contribution in [2.75, 3.05) is 6.54 Å². The van der Waals surface area contributed by atoms with Crippen LogP contribution in [-0.4, -0.2) is 27.5 Å². The van der Waals surface area contributed by atoms with Crippen molar-refractivity contribution < 1.29 is 9.90 Å². The van der Waals surface area contributed by atoms with Gasteiger partial charge >= 0.3 is 6.03 Å². The van der Waals surface area contributed by atoms with Crippen LogP contribution in [0.25, 0.3) is 0 Å². The molecule has 2 rings (SSSR count). The first-order chi connectivity index (χ1) is 9.56. The van der Waals surface area contributed by atoms with Gasteiger partial charge in [0.1, 0.15) is 0 Å². The van der Waals surface area contributed by atoms with Gasteiger partial charge in [0.05, 0.1) is 18.3 Å². The van der Waals surface area contributed by atoms with Crippen LogP contribution in [0.3, 0.4) is 0 Å². The maximum absolute atomic E-state index is 11.7. The van der Waals surface area contributed by atoms with Gasteiger partial charge in [-0.2, -0.15) is 16.4 Å². The fourth-order valence-electron chi connectivity index (χ4n) is 1.77. The fourth-order valence-corrected chi connectivity index (χ4v) is 2.47. The average Bonchev–Trinajstić information content (AvgIpc) is 3.06. The van der Waals surface area contributed by atoms with Gasteiger partial charge in [-0.3, -0.25) is 4.68 Å². The number of nitrogens with one attached hydrogen (secondary N) is 2. The molecule has 2 heterocycles. The Hall–Kier alpha value is -1.86. The molecule has 0 aliphatic rings. The number of amides is 2. The lowest BCUT2D eigenvalue weighted by Gasteiger charge is -2.15. The van der Waals surface area contributed by atoms with E-state index in [1.165, 1.54) is 11.3 Å². The molecule has 0 aliphatic heterocycles. The second-order valence-electron chi connectivity index (χ2n) is 4.60. The van der Waals surface area contributed by atoms with Crippen LogP contribution in [0.1, 0.15) is 30.2 Å². The summed E-state index contributed by atoms with van der Waals surface area (Å²) in [4.78, 5) is 11.7. The van der Waals surface area contributed by atoms with Crippen LogP contribution >= 0.6 is 11.3 Å². The molecule has 0 saturated heterocycles. The quantitative estimate of drug-likeness (QED) is 0.783. The maximum Gasteiger partial charge on any atom is 0.315 e. The molecule has 0 aromatic carbocycles. The van der Waals surface area contributed by atoms with E-state index in [0.29, 0.717) is 0 Å². The van der Waals surface area contributed by atoms with E-state index in [4.69, 9.17) is 0 Å². The van der Waals surface area contributed by atoms with E-state index in [1.54, 1.807) is 10.9 Å². The monoisotopic (exact) mass is 294 g/mol. The van der Waals surface area contributed by atoms with Crippen LogP contribution in [0.15, 0.2) is 29.2 Å². The minimum absolute atomic E-state index is 0.137. The Morgan fingerprint density at radius 1 is 1.55 bits per heavy atom. The van der Waals surface area contributed by atoms with E-state index in [1.807, 2.05) is 37.0 Å². The molecule has 2 atom stereocenters. The van der Waals surface area contributed by atoms with E-state index in [0.717, 1.165) is 11.1 Å². The number of aryl methyl sites for hydroxylation is 1. The van der Waals surface area contributed by atoms with E-state index >= 15 is 0 Å². The highest BCUT2D eigenvalue weighted by atomic mass is 32.1. The Kier molecular flexibility index (Phi) is 4.75. The Morgan fingerprint density at radius 2 is 2.35 bits per heavy atom. The molecule has 20 heavy (non-hydrogen) atoms. The number of hydrogen-bond donors (Lipinski definition) is 3. The lowest BCUT2D eigenvalue weighted by molar-refractivity contribution is 0.173. The van der Waals surface area contributed by atoms with Gasteiger partial charge in [0.25, 0.3) is 0 Å². The third-order valence-electron chi connectivity index (χ3n) is 2.96. The summed E-state index contributed by atoms with van der Waals surface area (Å²) in [5.74, 6) is 0. The second-order valence-corrected chi connectivity index (χ2v) is 5.38. The molecule has 2 amide bonds. The number of aromatic nitrogens is 2. The second kappa shape index (κ2) is 6.53. The molecule has 7 heteroatoms. The lowest BCUT2D eigenvalue weighted by atomic mass is 10.2. The van der Waals surface area contributed by atoms with E-state index in [-0.39, 0.29) is 18.6 Å². The highest BCUT2D eigenvalue weighted by molar-refractivity contribution is 7.07. The van der Waals surface area contributed by atoms with Gasteiger partial charge < -0.3 is 15.7 Å². The van der Waals surface area contributed by atoms with E-state index in [2.05, 4.69) is 15.7 Å². The number of urea groups is 1. The Morgan fingerprint density at radius 3 is 2.95 bits per heavy atom. The Labute approximate surface area is 121 Å². The molecule has 0 radical (unpaired) electrons. The lowest BCUT2D eigenvalue weighted by Crippen LogP contribution is -2.38. The predicted octanol–water partition coefficient (Wildman–Crippen LogP) is 1.58. The van der Waals surface area contributed by atoms with Crippen molar-refractivity contribution in [3.05, 3.63) is 40.3 Å². The SMILES string of the molecule is CC(NC(=O)NCC(O)c1ccsc1)c1cnn(C)c1. The molecule has 108 valence electrons. The van der Waals surface area contributed by atoms with Crippen molar-refractivity contribution in [3.63, 3.8) is 0 Å². The van der Waals surface area contributed by atoms with Crippen LogP contribution in [0.4, 0.5) is 4.79 Å². The van der Waals surface area contributed by atoms with E-state index < -0.39 is 6.10 Å². The van der Waals surface area contributed by atoms with Crippen molar-refractivity contribution >= 4 is 17.4 Å². The van der Waals surface area contributed by atoms with Gasteiger partial charge in [-0.25, -0.2) is 4.79 Å². The first-order valence-electron chi connectivity index (χ1n) is 6.29. The largest absolute Gasteiger partial charge is 0.387 e. The summed E-state index contributed by atoms with van der Waals surface area (Å²) in [6.07, 6.45) is 2.89. The summed E-state index contributed by atoms with van der Waals surface area (Å²) in [6, 6.07) is 1.39. The summed E-state index contributed by atoms with van der Waals surface area (Å²) in [7, 11) is 1.83. The van der Waals surface area contributed by atoms with Crippen LogP contribution in [0.2, 0.25) is 0 Å². The van der Waals surface area contributed by atoms with E-state index in [9.17, 15) is 9.90 Å². The maximum atomic E-state index is 11.7. The average molecular weight is 294 g/mol. The fraction of sp³-hybridized carbons (Fsp3) is 0.385. The number of aliphatic hydroxyl groups excluding tert-OH is 1. The minimum atomic E-state index is -0.680. The molecular formula is C13H18N4O2S. The van der Waals surface area contributed by atoms with Crippen LogP contribution in [-0.2, 0) is 7.05 Å². The van der Waals surface area contributed by atoms with Crippen LogP contribution < -0.4 is 10.6 Å². The van der Waals surface area contributed by atoms with Crippen molar-refractivity contribution in [2.45, 2.75) is 19.1 Å². The molecule has 2 aromatic rings. The summed E-state index contributed by atoms with van der Waals surface area (Å²) in [5.41, 5.74) is 1.75. The highest BCUT2D eigenvalue weighted by Crippen LogP contribution is 2.15. The van der Waals surface area contributed by atoms with Gasteiger partial charge in [-0.05, 0) is 29.3 Å². The van der Waals surface area contributed by atoms with Crippen molar-refractivity contribution in [1.82, 2.24) is 20.4 Å². The number of carbonyl (C=O) groups excluding carboxylic acids is 1. The predicted molar refractivity (Wildman–Crippen MR) is 77.4 cm³/mol. The zero-order chi connectivity index (χ0) is 14.5. The van der Waals surface area contributed by atoms with Gasteiger partial charge in [0.15, 0.2) is 0 Å². The standard InChI is InChI=1S/C13H18N4O2S/c1-9(11-5-15-17(2)7-11)16-13(19)14-6-12(18)10-3-4-20-8-10/h3-5,7-9,12,18H,6H2,1-2H3,(H2,14,16,19). The van der Waals surface area contributed by atoms with Gasteiger partial charge in [0, 0.05) is 25.4 Å². The number of hydrogen-bond acceptors (Lipinski definition) is 4. The first kappa shape index (κ1) is 14.5. The van der Waals surface area contributed by atoms with Gasteiger partial charge in [-0.1, -0.05) is 0 Å². The molecule has 2 unspecified atom stereocenters. The number of carbonyl (C=O) groups is 1. The molecule has 3 N–H and O–H groups in total. The summed E-state index contributed by atoms with van der Waals surface area (Å²) in [6.45, 7) is 2.06. The van der Waals surface area contributed by atoms with Crippen LogP contribution in [0.5, 0.6) is 0 Å². The summed E-state index contributed by atoms with van der Waals surface area (Å²) in [5, 5.41) is 23.1. The molecular weight excluding hydrogens is 276 g/mol. The molecule has 0 bridgehead atoms. The molecule has 0 spiro atoms. The molecule has 0 fully saturated rings. The van der Waals surface area contributed by atoms with Crippen LogP contribution in [0, 0.1) is 0 Å². The number of aliphatic hydroxyl groups is 1. The summed E-state index contributed by atoms with van der Waals surface area (Å²) >= 11 is 1.51. The molecule has 2 aromatic heterocycles. The minimum Gasteiger partial charge on any atom is -0.387 e. The van der Waals surface area contributed by atoms with Crippen molar-refractivity contribution in [3.8, 4) is 0 Å². The van der Waals surface area contributed by atoms with Crippen molar-refractivity contribution in [1.29, 1.82) is 0 Å². The Balaban J connectivity index is 1.78. The number of rotatable bonds is 5. The smallest absolute Gasteiger partial charge is 0.315 e. The first-order valence-corrected chi connectivity index (χ1v) is 7.23. The zero-order valence-corrected chi connectivity index (χ0v) is 12.2. The van der Waals surface area contributed by atoms with Gasteiger partial charge in [0.2, 0.25) is 0 Å². The molecule has 6 nitrogen and oxygen atoms in total. The zero-order valence-electron chi connectivity index (χ0n) is 11.4. The number of nitrogens with zero attached hydrogens (tertiary/aromatic N) is 2. The molecule has 0 aliphatic carbocycles. The normalized spacial score (nSPS) is 13.8. The summed E-state index contributed by atoms with van der Waals surface area (Å²) < 4.78 is 1.69.